The van der Waals surface area contributed by atoms with Gasteiger partial charge in [-0.2, -0.15) is 0 Å². The summed E-state index contributed by atoms with van der Waals surface area (Å²) in [5.74, 6) is 1.88. The number of hydrogen-bond acceptors (Lipinski definition) is 4. The van der Waals surface area contributed by atoms with Crippen LogP contribution in [-0.2, 0) is 20.0 Å². The van der Waals surface area contributed by atoms with E-state index in [0.717, 1.165) is 31.3 Å². The van der Waals surface area contributed by atoms with Crippen LogP contribution in [0.3, 0.4) is 0 Å². The third kappa shape index (κ3) is 2.21. The molecule has 0 unspecified atom stereocenters. The molecule has 6 nitrogen and oxygen atoms in total. The first-order valence-corrected chi connectivity index (χ1v) is 5.39. The smallest absolute Gasteiger partial charge is 0.202 e. The molecule has 0 aliphatic rings. The molecule has 0 saturated heterocycles. The van der Waals surface area contributed by atoms with Crippen LogP contribution in [0.2, 0.25) is 0 Å². The normalized spacial score (nSPS) is 10.6. The second-order valence-corrected chi connectivity index (χ2v) is 3.57. The molecule has 0 amide bonds. The first kappa shape index (κ1) is 10.7. The van der Waals surface area contributed by atoms with Gasteiger partial charge in [-0.25, -0.2) is 4.98 Å². The van der Waals surface area contributed by atoms with Crippen LogP contribution in [0.5, 0.6) is 0 Å². The maximum Gasteiger partial charge on any atom is 0.202 e. The Hall–Kier alpha value is -1.85. The van der Waals surface area contributed by atoms with Crippen molar-refractivity contribution in [1.82, 2.24) is 24.3 Å². The number of rotatable bonds is 5. The highest BCUT2D eigenvalue weighted by Crippen LogP contribution is 2.03. The van der Waals surface area contributed by atoms with Gasteiger partial charge in [-0.1, -0.05) is 0 Å². The average molecular weight is 220 g/mol. The zero-order chi connectivity index (χ0) is 11.4. The summed E-state index contributed by atoms with van der Waals surface area (Å²) in [6.07, 6.45) is 6.31. The zero-order valence-corrected chi connectivity index (χ0v) is 9.59. The van der Waals surface area contributed by atoms with E-state index in [-0.39, 0.29) is 0 Å². The topological polar surface area (TPSA) is 60.6 Å². The molecular weight excluding hydrogens is 204 g/mol. The Labute approximate surface area is 94.3 Å². The molecule has 0 saturated carbocycles. The fraction of sp³-hybridized carbons (Fsp3) is 0.500. The molecule has 2 heterocycles. The van der Waals surface area contributed by atoms with Crippen molar-refractivity contribution in [2.24, 2.45) is 7.05 Å². The Kier molecular flexibility index (Phi) is 3.19. The molecule has 0 bridgehead atoms. The highest BCUT2D eigenvalue weighted by molar-refractivity contribution is 5.25. The van der Waals surface area contributed by atoms with Crippen LogP contribution in [0.15, 0.2) is 18.7 Å². The second kappa shape index (κ2) is 4.78. The molecule has 0 aliphatic heterocycles. The van der Waals surface area contributed by atoms with E-state index in [9.17, 15) is 0 Å². The number of imidazole rings is 1. The molecule has 1 N–H and O–H groups in total. The number of aryl methyl sites for hydroxylation is 2. The lowest BCUT2D eigenvalue weighted by Crippen LogP contribution is -2.12. The first-order valence-electron chi connectivity index (χ1n) is 5.39. The van der Waals surface area contributed by atoms with Gasteiger partial charge >= 0.3 is 0 Å². The van der Waals surface area contributed by atoms with Crippen LogP contribution < -0.4 is 5.32 Å². The van der Waals surface area contributed by atoms with Crippen molar-refractivity contribution in [2.45, 2.75) is 19.9 Å². The number of anilines is 1. The summed E-state index contributed by atoms with van der Waals surface area (Å²) in [6.45, 7) is 3.82. The first-order chi connectivity index (χ1) is 7.81. The van der Waals surface area contributed by atoms with Gasteiger partial charge in [0.05, 0.1) is 0 Å². The van der Waals surface area contributed by atoms with Gasteiger partial charge in [0.15, 0.2) is 0 Å². The molecule has 0 aliphatic carbocycles. The quantitative estimate of drug-likeness (QED) is 0.805. The van der Waals surface area contributed by atoms with Gasteiger partial charge < -0.3 is 14.5 Å². The summed E-state index contributed by atoms with van der Waals surface area (Å²) in [6, 6.07) is 0. The van der Waals surface area contributed by atoms with E-state index in [2.05, 4.69) is 32.0 Å². The molecular formula is C10H16N6. The monoisotopic (exact) mass is 220 g/mol. The predicted octanol–water partition coefficient (Wildman–Crippen LogP) is 0.686. The largest absolute Gasteiger partial charge is 0.355 e. The van der Waals surface area contributed by atoms with Crippen LogP contribution in [-0.4, -0.2) is 30.9 Å². The molecule has 86 valence electrons. The van der Waals surface area contributed by atoms with Gasteiger partial charge in [0, 0.05) is 39.0 Å². The number of nitrogens with one attached hydrogen (secondary N) is 1. The second-order valence-electron chi connectivity index (χ2n) is 3.57. The molecule has 0 aromatic carbocycles. The van der Waals surface area contributed by atoms with Crippen LogP contribution in [0.25, 0.3) is 0 Å². The van der Waals surface area contributed by atoms with E-state index in [4.69, 9.17) is 0 Å². The summed E-state index contributed by atoms with van der Waals surface area (Å²) in [7, 11) is 1.95. The Balaban J connectivity index is 1.87. The highest BCUT2D eigenvalue weighted by Gasteiger charge is 2.02. The van der Waals surface area contributed by atoms with Crippen LogP contribution >= 0.6 is 0 Å². The molecule has 0 radical (unpaired) electrons. The van der Waals surface area contributed by atoms with Gasteiger partial charge in [0.1, 0.15) is 12.2 Å². The molecule has 0 atom stereocenters. The molecule has 16 heavy (non-hydrogen) atoms. The van der Waals surface area contributed by atoms with E-state index in [0.29, 0.717) is 0 Å². The third-order valence-corrected chi connectivity index (χ3v) is 2.49. The minimum atomic E-state index is 0.809. The maximum atomic E-state index is 4.24. The summed E-state index contributed by atoms with van der Waals surface area (Å²) in [5, 5.41) is 11.1. The number of nitrogens with zero attached hydrogens (tertiary/aromatic N) is 5. The Morgan fingerprint density at radius 2 is 2.31 bits per heavy atom. The fourth-order valence-electron chi connectivity index (χ4n) is 1.55. The average Bonchev–Trinajstić information content (AvgIpc) is 2.88. The zero-order valence-electron chi connectivity index (χ0n) is 9.59. The van der Waals surface area contributed by atoms with Crippen molar-refractivity contribution in [3.8, 4) is 0 Å². The van der Waals surface area contributed by atoms with Crippen molar-refractivity contribution in [3.05, 3.63) is 24.5 Å². The molecule has 2 aromatic heterocycles. The van der Waals surface area contributed by atoms with Crippen LogP contribution in [0.1, 0.15) is 12.7 Å². The van der Waals surface area contributed by atoms with Gasteiger partial charge in [-0.15, -0.1) is 10.2 Å². The SMILES string of the molecule is CCn1ccnc1NCCc1nncn1C. The minimum Gasteiger partial charge on any atom is -0.355 e. The standard InChI is InChI=1S/C10H16N6/c1-3-16-7-6-12-10(16)11-5-4-9-14-13-8-15(9)2/h6-8H,3-5H2,1-2H3,(H,11,12). The molecule has 2 aromatic rings. The third-order valence-electron chi connectivity index (χ3n) is 2.49. The van der Waals surface area contributed by atoms with Gasteiger partial charge in [0.25, 0.3) is 0 Å². The van der Waals surface area contributed by atoms with Crippen molar-refractivity contribution in [3.63, 3.8) is 0 Å². The van der Waals surface area contributed by atoms with E-state index < -0.39 is 0 Å². The lowest BCUT2D eigenvalue weighted by Gasteiger charge is -2.07. The Bertz CT molecular complexity index is 444. The van der Waals surface area contributed by atoms with Gasteiger partial charge in [0.2, 0.25) is 5.95 Å². The summed E-state index contributed by atoms with van der Waals surface area (Å²) >= 11 is 0. The minimum absolute atomic E-state index is 0.809. The molecule has 6 heteroatoms. The predicted molar refractivity (Wildman–Crippen MR) is 61.1 cm³/mol. The van der Waals surface area contributed by atoms with E-state index in [1.807, 2.05) is 17.8 Å². The van der Waals surface area contributed by atoms with Crippen molar-refractivity contribution >= 4 is 5.95 Å². The van der Waals surface area contributed by atoms with Gasteiger partial charge in [-0.05, 0) is 6.92 Å². The fourth-order valence-corrected chi connectivity index (χ4v) is 1.55. The van der Waals surface area contributed by atoms with E-state index >= 15 is 0 Å². The van der Waals surface area contributed by atoms with Crippen LogP contribution in [0, 0.1) is 0 Å². The van der Waals surface area contributed by atoms with E-state index in [1.54, 1.807) is 12.5 Å². The Morgan fingerprint density at radius 1 is 1.44 bits per heavy atom. The number of aromatic nitrogens is 5. The molecule has 0 spiro atoms. The van der Waals surface area contributed by atoms with Crippen LogP contribution in [0.4, 0.5) is 5.95 Å². The number of hydrogen-bond donors (Lipinski definition) is 1. The lowest BCUT2D eigenvalue weighted by molar-refractivity contribution is 0.749. The Morgan fingerprint density at radius 3 is 3.00 bits per heavy atom. The van der Waals surface area contributed by atoms with Gasteiger partial charge in [-0.3, -0.25) is 0 Å². The van der Waals surface area contributed by atoms with Crippen molar-refractivity contribution in [2.75, 3.05) is 11.9 Å². The lowest BCUT2D eigenvalue weighted by atomic mass is 10.4. The van der Waals surface area contributed by atoms with E-state index in [1.165, 1.54) is 0 Å². The van der Waals surface area contributed by atoms with Crippen molar-refractivity contribution < 1.29 is 0 Å². The summed E-state index contributed by atoms with van der Waals surface area (Å²) in [4.78, 5) is 4.24. The molecule has 2 rings (SSSR count). The highest BCUT2D eigenvalue weighted by atomic mass is 15.3. The summed E-state index contributed by atoms with van der Waals surface area (Å²) < 4.78 is 3.99. The maximum absolute atomic E-state index is 4.24. The molecule has 0 fully saturated rings. The summed E-state index contributed by atoms with van der Waals surface area (Å²) in [5.41, 5.74) is 0. The van der Waals surface area contributed by atoms with Crippen molar-refractivity contribution in [1.29, 1.82) is 0 Å².